The highest BCUT2D eigenvalue weighted by atomic mass is 16.5. The lowest BCUT2D eigenvalue weighted by Crippen LogP contribution is -2.25. The maximum absolute atomic E-state index is 13.3. The number of rotatable bonds is 6. The van der Waals surface area contributed by atoms with Gasteiger partial charge < -0.3 is 14.6 Å². The SMILES string of the molecule is COc1cccc(Cn2c(=O)c3ccnn3c3ccc(C(=O)NCc4ccncc4)cc32)c1. The number of carbonyl (C=O) groups is 1. The minimum Gasteiger partial charge on any atom is -0.497 e. The number of fused-ring (bicyclic) bond motifs is 3. The van der Waals surface area contributed by atoms with Crippen LogP contribution in [0.5, 0.6) is 5.75 Å². The summed E-state index contributed by atoms with van der Waals surface area (Å²) in [6, 6.07) is 18.3. The van der Waals surface area contributed by atoms with Gasteiger partial charge in [-0.25, -0.2) is 4.52 Å². The van der Waals surface area contributed by atoms with Crippen molar-refractivity contribution in [3.8, 4) is 5.75 Å². The summed E-state index contributed by atoms with van der Waals surface area (Å²) < 4.78 is 8.60. The third-order valence-corrected chi connectivity index (χ3v) is 5.54. The van der Waals surface area contributed by atoms with E-state index in [0.29, 0.717) is 35.4 Å². The number of pyridine rings is 1. The van der Waals surface area contributed by atoms with Crippen LogP contribution in [0, 0.1) is 0 Å². The zero-order chi connectivity index (χ0) is 22.8. The van der Waals surface area contributed by atoms with E-state index < -0.39 is 0 Å². The van der Waals surface area contributed by atoms with Crippen LogP contribution < -0.4 is 15.6 Å². The Hall–Kier alpha value is -4.46. The van der Waals surface area contributed by atoms with Crippen molar-refractivity contribution in [2.24, 2.45) is 0 Å². The number of carbonyl (C=O) groups excluding carboxylic acids is 1. The van der Waals surface area contributed by atoms with E-state index in [4.69, 9.17) is 4.74 Å². The van der Waals surface area contributed by atoms with Crippen LogP contribution in [-0.2, 0) is 13.1 Å². The van der Waals surface area contributed by atoms with Crippen molar-refractivity contribution in [2.45, 2.75) is 13.1 Å². The summed E-state index contributed by atoms with van der Waals surface area (Å²) in [6.07, 6.45) is 4.97. The molecule has 8 nitrogen and oxygen atoms in total. The summed E-state index contributed by atoms with van der Waals surface area (Å²) in [5.74, 6) is 0.487. The van der Waals surface area contributed by atoms with Crippen molar-refractivity contribution in [3.63, 3.8) is 0 Å². The largest absolute Gasteiger partial charge is 0.497 e. The molecule has 0 bridgehead atoms. The maximum atomic E-state index is 13.3. The molecule has 0 radical (unpaired) electrons. The monoisotopic (exact) mass is 439 g/mol. The molecular formula is C25H21N5O3. The van der Waals surface area contributed by atoms with E-state index in [2.05, 4.69) is 15.4 Å². The van der Waals surface area contributed by atoms with Crippen LogP contribution in [0.1, 0.15) is 21.5 Å². The molecular weight excluding hydrogens is 418 g/mol. The highest BCUT2D eigenvalue weighted by molar-refractivity contribution is 5.97. The van der Waals surface area contributed by atoms with E-state index in [0.717, 1.165) is 16.6 Å². The molecule has 0 atom stereocenters. The molecule has 0 aliphatic heterocycles. The standard InChI is InChI=1S/C25H21N5O3/c1-33-20-4-2-3-18(13-20)16-29-23-14-19(24(31)27-15-17-7-10-26-11-8-17)5-6-21(23)30-22(25(29)32)9-12-28-30/h2-14H,15-16H2,1H3,(H,27,31). The molecule has 5 aromatic rings. The fraction of sp³-hybridized carbons (Fsp3) is 0.120. The molecule has 0 fully saturated rings. The number of ether oxygens (including phenoxy) is 1. The molecule has 3 heterocycles. The van der Waals surface area contributed by atoms with Crippen LogP contribution >= 0.6 is 0 Å². The minimum absolute atomic E-state index is 0.183. The highest BCUT2D eigenvalue weighted by Crippen LogP contribution is 2.19. The van der Waals surface area contributed by atoms with Gasteiger partial charge in [-0.2, -0.15) is 5.10 Å². The predicted molar refractivity (Wildman–Crippen MR) is 124 cm³/mol. The number of hydrogen-bond donors (Lipinski definition) is 1. The molecule has 8 heteroatoms. The van der Waals surface area contributed by atoms with E-state index in [1.807, 2.05) is 42.5 Å². The van der Waals surface area contributed by atoms with Gasteiger partial charge in [0.15, 0.2) is 0 Å². The van der Waals surface area contributed by atoms with Gasteiger partial charge in [0.2, 0.25) is 0 Å². The summed E-state index contributed by atoms with van der Waals surface area (Å²) in [4.78, 5) is 30.2. The zero-order valence-electron chi connectivity index (χ0n) is 17.9. The van der Waals surface area contributed by atoms with Crippen molar-refractivity contribution in [3.05, 3.63) is 106 Å². The first kappa shape index (κ1) is 20.4. The Kier molecular flexibility index (Phi) is 5.32. The average molecular weight is 439 g/mol. The fourth-order valence-corrected chi connectivity index (χ4v) is 3.86. The third-order valence-electron chi connectivity index (χ3n) is 5.54. The van der Waals surface area contributed by atoms with Gasteiger partial charge in [-0.1, -0.05) is 12.1 Å². The molecule has 0 unspecified atom stereocenters. The Morgan fingerprint density at radius 1 is 0.939 bits per heavy atom. The Labute approximate surface area is 189 Å². The van der Waals surface area contributed by atoms with E-state index in [1.165, 1.54) is 0 Å². The van der Waals surface area contributed by atoms with E-state index in [-0.39, 0.29) is 11.5 Å². The Bertz CT molecular complexity index is 1520. The lowest BCUT2D eigenvalue weighted by atomic mass is 10.1. The molecule has 3 aromatic heterocycles. The second-order valence-electron chi connectivity index (χ2n) is 7.61. The van der Waals surface area contributed by atoms with Crippen LogP contribution in [0.4, 0.5) is 0 Å². The third kappa shape index (κ3) is 3.94. The maximum Gasteiger partial charge on any atom is 0.277 e. The summed E-state index contributed by atoms with van der Waals surface area (Å²) in [7, 11) is 1.61. The van der Waals surface area contributed by atoms with Crippen LogP contribution in [0.2, 0.25) is 0 Å². The second kappa shape index (κ2) is 8.58. The predicted octanol–water partition coefficient (Wildman–Crippen LogP) is 3.03. The molecule has 0 saturated carbocycles. The number of amides is 1. The van der Waals surface area contributed by atoms with E-state index in [9.17, 15) is 9.59 Å². The van der Waals surface area contributed by atoms with Crippen LogP contribution in [0.3, 0.4) is 0 Å². The average Bonchev–Trinajstić information content (AvgIpc) is 3.36. The number of aromatic nitrogens is 4. The van der Waals surface area contributed by atoms with Crippen molar-refractivity contribution in [1.29, 1.82) is 0 Å². The minimum atomic E-state index is -0.227. The molecule has 164 valence electrons. The molecule has 5 rings (SSSR count). The van der Waals surface area contributed by atoms with Crippen LogP contribution in [0.15, 0.2) is 84.0 Å². The molecule has 0 aliphatic carbocycles. The number of nitrogens with one attached hydrogen (secondary N) is 1. The molecule has 1 N–H and O–H groups in total. The van der Waals surface area contributed by atoms with Crippen molar-refractivity contribution in [1.82, 2.24) is 24.5 Å². The van der Waals surface area contributed by atoms with Gasteiger partial charge in [-0.05, 0) is 59.7 Å². The lowest BCUT2D eigenvalue weighted by Gasteiger charge is -2.14. The Balaban J connectivity index is 1.57. The van der Waals surface area contributed by atoms with Gasteiger partial charge in [0.25, 0.3) is 11.5 Å². The number of nitrogens with zero attached hydrogens (tertiary/aromatic N) is 4. The van der Waals surface area contributed by atoms with E-state index >= 15 is 0 Å². The van der Waals surface area contributed by atoms with Crippen molar-refractivity contribution < 1.29 is 9.53 Å². The number of benzene rings is 2. The fourth-order valence-electron chi connectivity index (χ4n) is 3.86. The summed E-state index contributed by atoms with van der Waals surface area (Å²) in [5.41, 5.74) is 3.97. The topological polar surface area (TPSA) is 90.5 Å². The second-order valence-corrected chi connectivity index (χ2v) is 7.61. The van der Waals surface area contributed by atoms with Crippen LogP contribution in [0.25, 0.3) is 16.6 Å². The number of methoxy groups -OCH3 is 1. The van der Waals surface area contributed by atoms with Gasteiger partial charge in [-0.15, -0.1) is 0 Å². The summed E-state index contributed by atoms with van der Waals surface area (Å²) >= 11 is 0. The normalized spacial score (nSPS) is 11.1. The summed E-state index contributed by atoms with van der Waals surface area (Å²) in [5, 5.41) is 7.23. The first-order chi connectivity index (χ1) is 16.1. The molecule has 0 aliphatic rings. The first-order valence-corrected chi connectivity index (χ1v) is 10.4. The quantitative estimate of drug-likeness (QED) is 0.439. The van der Waals surface area contributed by atoms with Crippen LogP contribution in [-0.4, -0.2) is 32.2 Å². The Morgan fingerprint density at radius 2 is 1.79 bits per heavy atom. The smallest absolute Gasteiger partial charge is 0.277 e. The molecule has 1 amide bonds. The van der Waals surface area contributed by atoms with Gasteiger partial charge in [0, 0.05) is 24.5 Å². The Morgan fingerprint density at radius 3 is 2.61 bits per heavy atom. The summed E-state index contributed by atoms with van der Waals surface area (Å²) in [6.45, 7) is 0.713. The molecule has 0 saturated heterocycles. The lowest BCUT2D eigenvalue weighted by molar-refractivity contribution is 0.0951. The molecule has 2 aromatic carbocycles. The van der Waals surface area contributed by atoms with Crippen molar-refractivity contribution >= 4 is 22.5 Å². The van der Waals surface area contributed by atoms with Gasteiger partial charge in [-0.3, -0.25) is 14.6 Å². The van der Waals surface area contributed by atoms with E-state index in [1.54, 1.807) is 53.0 Å². The molecule has 0 spiro atoms. The highest BCUT2D eigenvalue weighted by Gasteiger charge is 2.15. The number of hydrogen-bond acceptors (Lipinski definition) is 5. The van der Waals surface area contributed by atoms with Gasteiger partial charge in [0.1, 0.15) is 11.3 Å². The van der Waals surface area contributed by atoms with Gasteiger partial charge >= 0.3 is 0 Å². The van der Waals surface area contributed by atoms with Gasteiger partial charge in [0.05, 0.1) is 30.9 Å². The molecule has 33 heavy (non-hydrogen) atoms. The zero-order valence-corrected chi connectivity index (χ0v) is 17.9. The van der Waals surface area contributed by atoms with Crippen molar-refractivity contribution in [2.75, 3.05) is 7.11 Å². The first-order valence-electron chi connectivity index (χ1n) is 10.4.